The Balaban J connectivity index is 2.03. The zero-order valence-corrected chi connectivity index (χ0v) is 15.0. The maximum Gasteiger partial charge on any atom is 0.410 e. The Hall–Kier alpha value is -1.69. The second-order valence-electron chi connectivity index (χ2n) is 7.50. The van der Waals surface area contributed by atoms with Gasteiger partial charge in [0.15, 0.2) is 0 Å². The number of carbonyl (C=O) groups is 1. The van der Waals surface area contributed by atoms with Crippen LogP contribution in [0.25, 0.3) is 0 Å². The van der Waals surface area contributed by atoms with Crippen LogP contribution in [0.1, 0.15) is 40.2 Å². The van der Waals surface area contributed by atoms with Crippen molar-refractivity contribution in [2.45, 2.75) is 58.8 Å². The van der Waals surface area contributed by atoms with E-state index in [1.54, 1.807) is 4.90 Å². The van der Waals surface area contributed by atoms with Gasteiger partial charge < -0.3 is 9.64 Å². The number of hydrogen-bond acceptors (Lipinski definition) is 3. The van der Waals surface area contributed by atoms with Crippen LogP contribution in [0, 0.1) is 11.6 Å². The maximum absolute atomic E-state index is 13.9. The average molecular weight is 340 g/mol. The van der Waals surface area contributed by atoms with Crippen molar-refractivity contribution in [3.05, 3.63) is 35.4 Å². The van der Waals surface area contributed by atoms with E-state index < -0.39 is 17.2 Å². The number of piperazine rings is 1. The molecule has 0 radical (unpaired) electrons. The summed E-state index contributed by atoms with van der Waals surface area (Å²) in [6, 6.07) is 3.66. The first-order valence-corrected chi connectivity index (χ1v) is 8.24. The third kappa shape index (κ3) is 4.66. The zero-order chi connectivity index (χ0) is 18.1. The van der Waals surface area contributed by atoms with Gasteiger partial charge in [0, 0.05) is 43.3 Å². The predicted molar refractivity (Wildman–Crippen MR) is 88.6 cm³/mol. The van der Waals surface area contributed by atoms with Crippen LogP contribution in [0.4, 0.5) is 13.6 Å². The number of benzene rings is 1. The molecule has 0 aromatic heterocycles. The molecule has 2 atom stereocenters. The van der Waals surface area contributed by atoms with E-state index in [9.17, 15) is 13.6 Å². The normalized spacial score (nSPS) is 22.5. The third-order valence-corrected chi connectivity index (χ3v) is 4.13. The molecule has 0 bridgehead atoms. The second kappa shape index (κ2) is 7.05. The molecule has 134 valence electrons. The molecule has 1 aliphatic rings. The molecular formula is C18H26F2N2O2. The Morgan fingerprint density at radius 2 is 1.88 bits per heavy atom. The molecule has 0 saturated carbocycles. The van der Waals surface area contributed by atoms with Gasteiger partial charge in [-0.05, 0) is 40.7 Å². The predicted octanol–water partition coefficient (Wildman–Crippen LogP) is 3.79. The van der Waals surface area contributed by atoms with Gasteiger partial charge in [-0.2, -0.15) is 0 Å². The molecule has 1 heterocycles. The van der Waals surface area contributed by atoms with Gasteiger partial charge >= 0.3 is 6.09 Å². The van der Waals surface area contributed by atoms with Gasteiger partial charge in [-0.25, -0.2) is 13.6 Å². The van der Waals surface area contributed by atoms with Crippen molar-refractivity contribution in [2.75, 3.05) is 13.1 Å². The highest BCUT2D eigenvalue weighted by atomic mass is 19.1. The molecule has 24 heavy (non-hydrogen) atoms. The Morgan fingerprint density at radius 1 is 1.21 bits per heavy atom. The molecule has 0 aliphatic carbocycles. The molecule has 0 unspecified atom stereocenters. The lowest BCUT2D eigenvalue weighted by Crippen LogP contribution is -2.58. The molecule has 1 fully saturated rings. The first-order chi connectivity index (χ1) is 11.1. The Morgan fingerprint density at radius 3 is 2.46 bits per heavy atom. The monoisotopic (exact) mass is 340 g/mol. The number of ether oxygens (including phenoxy) is 1. The first-order valence-electron chi connectivity index (χ1n) is 8.24. The summed E-state index contributed by atoms with van der Waals surface area (Å²) >= 11 is 0. The van der Waals surface area contributed by atoms with E-state index in [1.165, 1.54) is 12.1 Å². The van der Waals surface area contributed by atoms with Crippen LogP contribution in [0.5, 0.6) is 0 Å². The minimum atomic E-state index is -0.576. The van der Waals surface area contributed by atoms with E-state index in [0.717, 1.165) is 6.07 Å². The van der Waals surface area contributed by atoms with E-state index >= 15 is 0 Å². The van der Waals surface area contributed by atoms with Gasteiger partial charge in [0.25, 0.3) is 0 Å². The molecule has 1 aliphatic heterocycles. The van der Waals surface area contributed by atoms with Gasteiger partial charge in [-0.1, -0.05) is 6.07 Å². The van der Waals surface area contributed by atoms with Crippen LogP contribution in [-0.4, -0.2) is 46.7 Å². The van der Waals surface area contributed by atoms with Crippen LogP contribution in [0.15, 0.2) is 18.2 Å². The summed E-state index contributed by atoms with van der Waals surface area (Å²) in [5.41, 5.74) is -0.0739. The quantitative estimate of drug-likeness (QED) is 0.821. The lowest BCUT2D eigenvalue weighted by Gasteiger charge is -2.44. The number of rotatable bonds is 2. The molecule has 1 aromatic carbocycles. The molecule has 1 amide bonds. The minimum absolute atomic E-state index is 0.0421. The van der Waals surface area contributed by atoms with Gasteiger partial charge in [-0.3, -0.25) is 4.90 Å². The molecular weight excluding hydrogens is 314 g/mol. The summed E-state index contributed by atoms with van der Waals surface area (Å²) in [6.45, 7) is 11.0. The zero-order valence-electron chi connectivity index (χ0n) is 15.0. The standard InChI is InChI=1S/C18H26F2N2O2/c1-12-10-22(17(23)24-18(3,4)5)13(2)9-21(12)11-14-6-7-15(19)8-16(14)20/h6-8,12-13H,9-11H2,1-5H3/t12-,13+/m0/s1. The third-order valence-electron chi connectivity index (χ3n) is 4.13. The van der Waals surface area contributed by atoms with E-state index in [4.69, 9.17) is 4.74 Å². The van der Waals surface area contributed by atoms with Crippen molar-refractivity contribution < 1.29 is 18.3 Å². The number of hydrogen-bond donors (Lipinski definition) is 0. The molecule has 2 rings (SSSR count). The number of amides is 1. The van der Waals surface area contributed by atoms with Crippen molar-refractivity contribution in [1.29, 1.82) is 0 Å². The lowest BCUT2D eigenvalue weighted by molar-refractivity contribution is -0.0119. The van der Waals surface area contributed by atoms with E-state index in [2.05, 4.69) is 4.90 Å². The van der Waals surface area contributed by atoms with Crippen molar-refractivity contribution in [3.63, 3.8) is 0 Å². The smallest absolute Gasteiger partial charge is 0.410 e. The summed E-state index contributed by atoms with van der Waals surface area (Å²) < 4.78 is 32.3. The minimum Gasteiger partial charge on any atom is -0.444 e. The van der Waals surface area contributed by atoms with Crippen molar-refractivity contribution in [1.82, 2.24) is 9.80 Å². The van der Waals surface area contributed by atoms with Crippen LogP contribution < -0.4 is 0 Å². The lowest BCUT2D eigenvalue weighted by atomic mass is 10.1. The van der Waals surface area contributed by atoms with E-state index in [1.807, 2.05) is 34.6 Å². The van der Waals surface area contributed by atoms with Gasteiger partial charge in [-0.15, -0.1) is 0 Å². The molecule has 1 aromatic rings. The number of halogens is 2. The van der Waals surface area contributed by atoms with Crippen molar-refractivity contribution in [3.8, 4) is 0 Å². The maximum atomic E-state index is 13.9. The Labute approximate surface area is 142 Å². The fraction of sp³-hybridized carbons (Fsp3) is 0.611. The highest BCUT2D eigenvalue weighted by molar-refractivity contribution is 5.68. The fourth-order valence-electron chi connectivity index (χ4n) is 2.86. The summed E-state index contributed by atoms with van der Waals surface area (Å²) in [5.74, 6) is -1.11. The molecule has 1 saturated heterocycles. The van der Waals surface area contributed by atoms with Crippen LogP contribution in [0.3, 0.4) is 0 Å². The highest BCUT2D eigenvalue weighted by Crippen LogP contribution is 2.22. The molecule has 0 N–H and O–H groups in total. The van der Waals surface area contributed by atoms with Crippen LogP contribution >= 0.6 is 0 Å². The molecule has 6 heteroatoms. The Bertz CT molecular complexity index is 601. The van der Waals surface area contributed by atoms with Crippen molar-refractivity contribution >= 4 is 6.09 Å². The largest absolute Gasteiger partial charge is 0.444 e. The average Bonchev–Trinajstić information content (AvgIpc) is 2.43. The number of carbonyl (C=O) groups excluding carboxylic acids is 1. The Kier molecular flexibility index (Phi) is 5.48. The summed E-state index contributed by atoms with van der Waals surface area (Å²) in [4.78, 5) is 16.1. The topological polar surface area (TPSA) is 32.8 Å². The first kappa shape index (κ1) is 18.6. The molecule has 4 nitrogen and oxygen atoms in total. The van der Waals surface area contributed by atoms with E-state index in [-0.39, 0.29) is 18.2 Å². The summed E-state index contributed by atoms with van der Waals surface area (Å²) in [5, 5.41) is 0. The summed E-state index contributed by atoms with van der Waals surface area (Å²) in [7, 11) is 0. The second-order valence-corrected chi connectivity index (χ2v) is 7.50. The van der Waals surface area contributed by atoms with Crippen molar-refractivity contribution in [2.24, 2.45) is 0 Å². The van der Waals surface area contributed by atoms with Gasteiger partial charge in [0.1, 0.15) is 17.2 Å². The highest BCUT2D eigenvalue weighted by Gasteiger charge is 2.34. The summed E-state index contributed by atoms with van der Waals surface area (Å²) in [6.07, 6.45) is -0.325. The fourth-order valence-corrected chi connectivity index (χ4v) is 2.86. The van der Waals surface area contributed by atoms with Gasteiger partial charge in [0.2, 0.25) is 0 Å². The SMILES string of the molecule is C[C@@H]1CN(Cc2ccc(F)cc2F)[C@@H](C)CN1C(=O)OC(C)(C)C. The van der Waals surface area contributed by atoms with Crippen LogP contribution in [-0.2, 0) is 11.3 Å². The van der Waals surface area contributed by atoms with E-state index in [0.29, 0.717) is 25.2 Å². The number of nitrogens with zero attached hydrogens (tertiary/aromatic N) is 2. The van der Waals surface area contributed by atoms with Gasteiger partial charge in [0.05, 0.1) is 0 Å². The molecule has 0 spiro atoms. The van der Waals surface area contributed by atoms with Crippen LogP contribution in [0.2, 0.25) is 0 Å².